The first-order valence-corrected chi connectivity index (χ1v) is 14.8. The largest absolute Gasteiger partial charge is 0.360 e. The van der Waals surface area contributed by atoms with Gasteiger partial charge in [0.2, 0.25) is 0 Å². The topological polar surface area (TPSA) is 82.8 Å². The summed E-state index contributed by atoms with van der Waals surface area (Å²) in [7, 11) is 1.93. The highest BCUT2D eigenvalue weighted by Gasteiger charge is 2.30. The summed E-state index contributed by atoms with van der Waals surface area (Å²) in [5.41, 5.74) is 6.72. The van der Waals surface area contributed by atoms with Crippen LogP contribution < -0.4 is 0 Å². The molecule has 0 amide bonds. The third-order valence-electron chi connectivity index (χ3n) is 7.05. The highest BCUT2D eigenvalue weighted by molar-refractivity contribution is 7.22. The maximum atomic E-state index is 13.0. The van der Waals surface area contributed by atoms with Crippen molar-refractivity contribution < 1.29 is 9.53 Å². The van der Waals surface area contributed by atoms with Gasteiger partial charge in [0.1, 0.15) is 6.10 Å². The third kappa shape index (κ3) is 5.33. The molecule has 0 saturated carbocycles. The first kappa shape index (κ1) is 28.2. The van der Waals surface area contributed by atoms with Crippen molar-refractivity contribution in [3.8, 4) is 33.2 Å². The van der Waals surface area contributed by atoms with E-state index < -0.39 is 11.7 Å². The van der Waals surface area contributed by atoms with E-state index in [-0.39, 0.29) is 5.78 Å². The number of benzene rings is 3. The van der Waals surface area contributed by atoms with E-state index >= 15 is 0 Å². The van der Waals surface area contributed by atoms with E-state index in [1.54, 1.807) is 13.1 Å². The van der Waals surface area contributed by atoms with Crippen LogP contribution in [-0.4, -0.2) is 36.1 Å². The van der Waals surface area contributed by atoms with Crippen LogP contribution in [-0.2, 0) is 16.6 Å². The second-order valence-corrected chi connectivity index (χ2v) is 12.8. The number of carbonyl (C=O) groups excluding carboxylic acids is 1. The highest BCUT2D eigenvalue weighted by Crippen LogP contribution is 2.44. The van der Waals surface area contributed by atoms with Gasteiger partial charge in [0.25, 0.3) is 0 Å². The molecule has 212 valence electrons. The molecule has 0 radical (unpaired) electrons. The number of rotatable bonds is 6. The zero-order valence-corrected chi connectivity index (χ0v) is 25.8. The van der Waals surface area contributed by atoms with Crippen LogP contribution in [0.2, 0.25) is 5.02 Å². The molecule has 3 aromatic carbocycles. The number of hydrogen-bond acceptors (Lipinski definition) is 7. The molecule has 0 aliphatic heterocycles. The summed E-state index contributed by atoms with van der Waals surface area (Å²) in [4.78, 5) is 27.5. The second-order valence-electron chi connectivity index (χ2n) is 11.4. The first-order valence-electron chi connectivity index (χ1n) is 13.6. The van der Waals surface area contributed by atoms with Crippen molar-refractivity contribution in [1.82, 2.24) is 24.7 Å². The van der Waals surface area contributed by atoms with E-state index in [2.05, 4.69) is 16.1 Å². The molecule has 6 aromatic rings. The maximum absolute atomic E-state index is 13.0. The molecule has 0 fully saturated rings. The number of fused-ring (bicyclic) bond motifs is 2. The summed E-state index contributed by atoms with van der Waals surface area (Å²) in [6, 6.07) is 17.7. The average molecular weight is 596 g/mol. The Labute approximate surface area is 253 Å². The van der Waals surface area contributed by atoms with Gasteiger partial charge in [-0.2, -0.15) is 5.10 Å². The fourth-order valence-electron chi connectivity index (χ4n) is 5.19. The molecule has 7 nitrogen and oxygen atoms in total. The Morgan fingerprint density at radius 1 is 1.02 bits per heavy atom. The molecule has 0 saturated heterocycles. The summed E-state index contributed by atoms with van der Waals surface area (Å²) >= 11 is 7.77. The molecule has 0 spiro atoms. The van der Waals surface area contributed by atoms with Gasteiger partial charge < -0.3 is 4.74 Å². The highest BCUT2D eigenvalue weighted by atomic mass is 35.5. The van der Waals surface area contributed by atoms with E-state index in [1.165, 1.54) is 11.3 Å². The Hall–Kier alpha value is -3.98. The van der Waals surface area contributed by atoms with Gasteiger partial charge in [-0.15, -0.1) is 11.3 Å². The van der Waals surface area contributed by atoms with Crippen molar-refractivity contribution >= 4 is 49.8 Å². The molecule has 9 heteroatoms. The molecule has 3 aromatic heterocycles. The van der Waals surface area contributed by atoms with E-state index in [1.807, 2.05) is 94.2 Å². The van der Waals surface area contributed by atoms with Gasteiger partial charge in [-0.1, -0.05) is 29.8 Å². The van der Waals surface area contributed by atoms with Gasteiger partial charge in [0.15, 0.2) is 16.6 Å². The number of ether oxygens (including phenoxy) is 1. The van der Waals surface area contributed by atoms with Crippen LogP contribution in [0.4, 0.5) is 0 Å². The molecule has 42 heavy (non-hydrogen) atoms. The smallest absolute Gasteiger partial charge is 0.189 e. The van der Waals surface area contributed by atoms with Crippen molar-refractivity contribution in [3.05, 3.63) is 83.1 Å². The lowest BCUT2D eigenvalue weighted by Crippen LogP contribution is -2.27. The monoisotopic (exact) mass is 595 g/mol. The van der Waals surface area contributed by atoms with Crippen LogP contribution in [0.5, 0.6) is 0 Å². The summed E-state index contributed by atoms with van der Waals surface area (Å²) in [6.07, 6.45) is 2.87. The Kier molecular flexibility index (Phi) is 7.17. The van der Waals surface area contributed by atoms with Crippen molar-refractivity contribution in [2.75, 3.05) is 0 Å². The van der Waals surface area contributed by atoms with Crippen molar-refractivity contribution in [2.45, 2.75) is 46.3 Å². The summed E-state index contributed by atoms with van der Waals surface area (Å²) in [5.74, 6) is 0.476. The van der Waals surface area contributed by atoms with Gasteiger partial charge in [-0.05, 0) is 82.1 Å². The number of halogens is 1. The fraction of sp³-hybridized carbons (Fsp3) is 0.242. The van der Waals surface area contributed by atoms with Gasteiger partial charge in [-0.25, -0.2) is 15.0 Å². The quantitative estimate of drug-likeness (QED) is 0.192. The minimum Gasteiger partial charge on any atom is -0.360 e. The Bertz CT molecular complexity index is 1970. The Morgan fingerprint density at radius 3 is 2.48 bits per heavy atom. The van der Waals surface area contributed by atoms with Crippen LogP contribution in [0.15, 0.2) is 67.0 Å². The van der Waals surface area contributed by atoms with Crippen molar-refractivity contribution in [1.29, 1.82) is 0 Å². The SMILES string of the molecule is CC(=O)[C@@H](OC(C)(C)C)c1c(C)cc2nc(-c3nccc(-c4ccc5c(cnn5C)c4)n3)sc2c1-c1ccc(Cl)cc1. The fourth-order valence-corrected chi connectivity index (χ4v) is 6.38. The molecule has 0 aliphatic rings. The summed E-state index contributed by atoms with van der Waals surface area (Å²) in [6.45, 7) is 9.45. The zero-order valence-electron chi connectivity index (χ0n) is 24.3. The number of aromatic nitrogens is 5. The summed E-state index contributed by atoms with van der Waals surface area (Å²) < 4.78 is 9.15. The van der Waals surface area contributed by atoms with E-state index in [0.29, 0.717) is 15.9 Å². The molecule has 0 aliphatic carbocycles. The number of hydrogen-bond donors (Lipinski definition) is 0. The molecule has 6 rings (SSSR count). The Balaban J connectivity index is 1.53. The second kappa shape index (κ2) is 10.7. The number of aryl methyl sites for hydroxylation is 2. The van der Waals surface area contributed by atoms with Gasteiger partial charge >= 0.3 is 0 Å². The lowest BCUT2D eigenvalue weighted by molar-refractivity contribution is -0.138. The molecular weight excluding hydrogens is 566 g/mol. The van der Waals surface area contributed by atoms with Crippen LogP contribution in [0.3, 0.4) is 0 Å². The Morgan fingerprint density at radius 2 is 1.76 bits per heavy atom. The van der Waals surface area contributed by atoms with Crippen LogP contribution in [0.25, 0.3) is 54.3 Å². The number of nitrogens with zero attached hydrogens (tertiary/aromatic N) is 5. The lowest BCUT2D eigenvalue weighted by Gasteiger charge is -2.29. The van der Waals surface area contributed by atoms with E-state index in [0.717, 1.165) is 54.6 Å². The number of thiazole rings is 1. The lowest BCUT2D eigenvalue weighted by atomic mass is 9.90. The average Bonchev–Trinajstić information content (AvgIpc) is 3.54. The molecule has 0 unspecified atom stereocenters. The molecule has 0 N–H and O–H groups in total. The molecule has 1 atom stereocenters. The van der Waals surface area contributed by atoms with Crippen molar-refractivity contribution in [2.24, 2.45) is 7.05 Å². The molecule has 3 heterocycles. The van der Waals surface area contributed by atoms with E-state index in [4.69, 9.17) is 26.3 Å². The first-order chi connectivity index (χ1) is 20.0. The molecule has 0 bridgehead atoms. The number of ketones is 1. The zero-order chi connectivity index (χ0) is 29.8. The standard InChI is InChI=1S/C33H30ClN5O2S/c1-18-15-25-30(28(20-7-10-23(34)11-8-20)27(18)29(19(2)40)41-33(3,4)5)42-32(38-25)31-35-14-13-24(37-31)21-9-12-26-22(16-21)17-36-39(26)6/h7-17,29H,1-6H3/t29-/m1/s1. The predicted octanol–water partition coefficient (Wildman–Crippen LogP) is 8.38. The van der Waals surface area contributed by atoms with Gasteiger partial charge in [0.05, 0.1) is 33.2 Å². The normalized spacial score (nSPS) is 12.7. The molecular formula is C33H30ClN5O2S. The van der Waals surface area contributed by atoms with E-state index in [9.17, 15) is 4.79 Å². The maximum Gasteiger partial charge on any atom is 0.189 e. The number of carbonyl (C=O) groups is 1. The van der Waals surface area contributed by atoms with Crippen LogP contribution in [0, 0.1) is 6.92 Å². The summed E-state index contributed by atoms with van der Waals surface area (Å²) in [5, 5.41) is 6.73. The van der Waals surface area contributed by atoms with Gasteiger partial charge in [0, 0.05) is 40.3 Å². The van der Waals surface area contributed by atoms with Crippen LogP contribution in [0.1, 0.15) is 44.9 Å². The third-order valence-corrected chi connectivity index (χ3v) is 8.39. The number of Topliss-reactive ketones (excluding diaryl/α,β-unsaturated/α-hetero) is 1. The van der Waals surface area contributed by atoms with Gasteiger partial charge in [-0.3, -0.25) is 9.48 Å². The minimum atomic E-state index is -0.743. The minimum absolute atomic E-state index is 0.0612. The van der Waals surface area contributed by atoms with Crippen molar-refractivity contribution in [3.63, 3.8) is 0 Å². The predicted molar refractivity (Wildman–Crippen MR) is 170 cm³/mol. The van der Waals surface area contributed by atoms with Crippen LogP contribution >= 0.6 is 22.9 Å².